The number of rotatable bonds is 6. The normalized spacial score (nSPS) is 13.6. The third-order valence-corrected chi connectivity index (χ3v) is 10.2. The van der Waals surface area contributed by atoms with Crippen molar-refractivity contribution in [1.29, 1.82) is 0 Å². The van der Waals surface area contributed by atoms with Crippen molar-refractivity contribution in [3.8, 4) is 11.5 Å². The molecular formula is C21H29NO3SSi. The highest BCUT2D eigenvalue weighted by molar-refractivity contribution is 7.83. The summed E-state index contributed by atoms with van der Waals surface area (Å²) in [7, 11) is -1.80. The summed E-state index contributed by atoms with van der Waals surface area (Å²) in [4.78, 5) is 0.683. The van der Waals surface area contributed by atoms with E-state index in [1.807, 2.05) is 49.4 Å². The third-order valence-electron chi connectivity index (χ3n) is 4.88. The van der Waals surface area contributed by atoms with Crippen LogP contribution in [0.25, 0.3) is 0 Å². The van der Waals surface area contributed by atoms with E-state index in [0.717, 1.165) is 11.1 Å². The minimum Gasteiger partial charge on any atom is -0.541 e. The molecule has 146 valence electrons. The van der Waals surface area contributed by atoms with Gasteiger partial charge < -0.3 is 9.16 Å². The number of methoxy groups -OCH3 is 1. The molecule has 0 saturated carbocycles. The van der Waals surface area contributed by atoms with Gasteiger partial charge in [0.15, 0.2) is 16.7 Å². The summed E-state index contributed by atoms with van der Waals surface area (Å²) in [6, 6.07) is 13.2. The molecule has 0 saturated heterocycles. The van der Waals surface area contributed by atoms with E-state index < -0.39 is 19.3 Å². The van der Waals surface area contributed by atoms with E-state index in [2.05, 4.69) is 38.3 Å². The van der Waals surface area contributed by atoms with Crippen molar-refractivity contribution in [2.24, 2.45) is 4.40 Å². The number of nitrogens with zero attached hydrogens (tertiary/aromatic N) is 1. The van der Waals surface area contributed by atoms with E-state index in [0.29, 0.717) is 16.4 Å². The maximum atomic E-state index is 12.4. The maximum Gasteiger partial charge on any atom is 0.250 e. The lowest BCUT2D eigenvalue weighted by Gasteiger charge is -2.36. The summed E-state index contributed by atoms with van der Waals surface area (Å²) < 4.78 is 28.4. The lowest BCUT2D eigenvalue weighted by Crippen LogP contribution is -2.43. The summed E-state index contributed by atoms with van der Waals surface area (Å²) in [5.74, 6) is 1.39. The summed E-state index contributed by atoms with van der Waals surface area (Å²) >= 11 is 0. The minimum absolute atomic E-state index is 0.0784. The number of hydrogen-bond acceptors (Lipinski definition) is 3. The van der Waals surface area contributed by atoms with Crippen LogP contribution in [0.2, 0.25) is 18.1 Å². The van der Waals surface area contributed by atoms with E-state index in [9.17, 15) is 4.21 Å². The SMILES string of the molecule is COc1ccc(/C=N/[S@@](=O)c2ccc(C)cc2)cc1O[Si](C)(C)C(C)(C)C. The van der Waals surface area contributed by atoms with E-state index in [-0.39, 0.29) is 5.04 Å². The van der Waals surface area contributed by atoms with Crippen LogP contribution in [0, 0.1) is 6.92 Å². The highest BCUT2D eigenvalue weighted by Gasteiger charge is 2.39. The molecule has 0 heterocycles. The Morgan fingerprint density at radius 1 is 1.04 bits per heavy atom. The molecule has 0 amide bonds. The van der Waals surface area contributed by atoms with E-state index in [1.54, 1.807) is 13.3 Å². The average molecular weight is 404 g/mol. The van der Waals surface area contributed by atoms with Crippen LogP contribution in [-0.2, 0) is 11.0 Å². The van der Waals surface area contributed by atoms with Crippen LogP contribution in [0.15, 0.2) is 51.8 Å². The molecule has 2 aromatic carbocycles. The molecule has 0 aliphatic rings. The van der Waals surface area contributed by atoms with Gasteiger partial charge in [0.1, 0.15) is 5.75 Å². The second-order valence-corrected chi connectivity index (χ2v) is 14.0. The van der Waals surface area contributed by atoms with Crippen LogP contribution in [0.4, 0.5) is 0 Å². The van der Waals surface area contributed by atoms with Crippen molar-refractivity contribution in [3.05, 3.63) is 53.6 Å². The Balaban J connectivity index is 2.26. The zero-order valence-electron chi connectivity index (χ0n) is 17.2. The third kappa shape index (κ3) is 5.53. The van der Waals surface area contributed by atoms with Crippen LogP contribution >= 0.6 is 0 Å². The first kappa shape index (κ1) is 21.4. The van der Waals surface area contributed by atoms with Gasteiger partial charge in [-0.25, -0.2) is 4.21 Å². The molecule has 0 bridgehead atoms. The first-order valence-corrected chi connectivity index (χ1v) is 12.9. The predicted octanol–water partition coefficient (Wildman–Crippen LogP) is 5.53. The Labute approximate surface area is 166 Å². The van der Waals surface area contributed by atoms with Crippen LogP contribution in [-0.4, -0.2) is 25.9 Å². The van der Waals surface area contributed by atoms with Gasteiger partial charge in [-0.2, -0.15) is 4.40 Å². The zero-order valence-corrected chi connectivity index (χ0v) is 19.0. The molecule has 0 aromatic heterocycles. The first-order valence-electron chi connectivity index (χ1n) is 8.93. The fourth-order valence-electron chi connectivity index (χ4n) is 2.11. The topological polar surface area (TPSA) is 47.9 Å². The zero-order chi connectivity index (χ0) is 20.2. The van der Waals surface area contributed by atoms with Gasteiger partial charge in [0.25, 0.3) is 8.32 Å². The number of hydrogen-bond donors (Lipinski definition) is 0. The number of aryl methyl sites for hydroxylation is 1. The van der Waals surface area contributed by atoms with Gasteiger partial charge in [-0.05, 0) is 61.0 Å². The molecule has 1 atom stereocenters. The Morgan fingerprint density at radius 2 is 1.67 bits per heavy atom. The van der Waals surface area contributed by atoms with Crippen LogP contribution < -0.4 is 9.16 Å². The Kier molecular flexibility index (Phi) is 6.65. The molecule has 0 spiro atoms. The van der Waals surface area contributed by atoms with Crippen molar-refractivity contribution in [2.45, 2.75) is 50.7 Å². The molecule has 0 N–H and O–H groups in total. The molecule has 2 aromatic rings. The van der Waals surface area contributed by atoms with E-state index >= 15 is 0 Å². The second kappa shape index (κ2) is 8.40. The molecule has 27 heavy (non-hydrogen) atoms. The summed E-state index contributed by atoms with van der Waals surface area (Å²) in [5, 5.41) is 0.0784. The van der Waals surface area contributed by atoms with Gasteiger partial charge in [0.2, 0.25) is 0 Å². The average Bonchev–Trinajstić information content (AvgIpc) is 2.59. The quantitative estimate of drug-likeness (QED) is 0.471. The van der Waals surface area contributed by atoms with Gasteiger partial charge in [-0.15, -0.1) is 0 Å². The second-order valence-electron chi connectivity index (χ2n) is 8.07. The van der Waals surface area contributed by atoms with Gasteiger partial charge in [-0.3, -0.25) is 0 Å². The minimum atomic E-state index is -2.00. The molecule has 0 aliphatic carbocycles. The van der Waals surface area contributed by atoms with E-state index in [4.69, 9.17) is 9.16 Å². The van der Waals surface area contributed by atoms with Crippen molar-refractivity contribution in [3.63, 3.8) is 0 Å². The molecular weight excluding hydrogens is 374 g/mol. The molecule has 0 unspecified atom stereocenters. The Hall–Kier alpha value is -1.92. The van der Waals surface area contributed by atoms with Crippen molar-refractivity contribution < 1.29 is 13.4 Å². The molecule has 0 fully saturated rings. The van der Waals surface area contributed by atoms with Crippen molar-refractivity contribution >= 4 is 25.5 Å². The standard InChI is InChI=1S/C21H29NO3SSi/c1-16-8-11-18(12-9-16)26(23)22-15-17-10-13-19(24-5)20(14-17)25-27(6,7)21(2,3)4/h8-15H,1-7H3/b22-15+/t26-/m0/s1. The number of ether oxygens (including phenoxy) is 1. The molecule has 0 radical (unpaired) electrons. The fraction of sp³-hybridized carbons (Fsp3) is 0.381. The molecule has 6 heteroatoms. The highest BCUT2D eigenvalue weighted by atomic mass is 32.2. The summed E-state index contributed by atoms with van der Waals surface area (Å²) in [6.45, 7) is 13.0. The molecule has 4 nitrogen and oxygen atoms in total. The largest absolute Gasteiger partial charge is 0.541 e. The molecule has 0 aliphatic heterocycles. The smallest absolute Gasteiger partial charge is 0.250 e. The Bertz CT molecular complexity index is 839. The van der Waals surface area contributed by atoms with Gasteiger partial charge in [-0.1, -0.05) is 38.5 Å². The van der Waals surface area contributed by atoms with Crippen LogP contribution in [0.1, 0.15) is 31.9 Å². The van der Waals surface area contributed by atoms with Gasteiger partial charge in [0, 0.05) is 6.21 Å². The first-order chi connectivity index (χ1) is 12.5. The number of benzene rings is 2. The Morgan fingerprint density at radius 3 is 2.22 bits per heavy atom. The summed E-state index contributed by atoms with van der Waals surface area (Å²) in [5.41, 5.74) is 1.95. The lowest BCUT2D eigenvalue weighted by atomic mass is 10.2. The van der Waals surface area contributed by atoms with Crippen molar-refractivity contribution in [2.75, 3.05) is 7.11 Å². The highest BCUT2D eigenvalue weighted by Crippen LogP contribution is 2.40. The van der Waals surface area contributed by atoms with Crippen molar-refractivity contribution in [1.82, 2.24) is 0 Å². The fourth-order valence-corrected chi connectivity index (χ4v) is 3.83. The predicted molar refractivity (Wildman–Crippen MR) is 116 cm³/mol. The lowest BCUT2D eigenvalue weighted by molar-refractivity contribution is 0.386. The van der Waals surface area contributed by atoms with Crippen LogP contribution in [0.3, 0.4) is 0 Å². The van der Waals surface area contributed by atoms with Crippen LogP contribution in [0.5, 0.6) is 11.5 Å². The summed E-state index contributed by atoms with van der Waals surface area (Å²) in [6.07, 6.45) is 1.62. The monoisotopic (exact) mass is 403 g/mol. The van der Waals surface area contributed by atoms with Gasteiger partial charge in [0.05, 0.1) is 12.0 Å². The van der Waals surface area contributed by atoms with Gasteiger partial charge >= 0.3 is 0 Å². The van der Waals surface area contributed by atoms with E-state index in [1.165, 1.54) is 0 Å². The maximum absolute atomic E-state index is 12.4. The molecule has 2 rings (SSSR count).